The molecule has 0 spiro atoms. The second-order valence-corrected chi connectivity index (χ2v) is 5.28. The molecule has 0 bridgehead atoms. The Morgan fingerprint density at radius 1 is 1.35 bits per heavy atom. The minimum Gasteiger partial charge on any atom is -0.397 e. The summed E-state index contributed by atoms with van der Waals surface area (Å²) in [4.78, 5) is 24.8. The second kappa shape index (κ2) is 5.65. The van der Waals surface area contributed by atoms with Gasteiger partial charge in [0.2, 0.25) is 5.95 Å². The minimum atomic E-state index is -0.257. The standard InChI is InChI=1S/C15H16N6O2/c1-8(7-22)21-6-12(11-5-19-15(17)20-14(11)21)13(23)9-2-10(16)4-18-3-9/h2-6,8,22H,7,16H2,1H3,(H2,17,19,20). The number of hydrogen-bond donors (Lipinski definition) is 3. The number of aromatic nitrogens is 4. The Balaban J connectivity index is 2.19. The first-order valence-electron chi connectivity index (χ1n) is 7.00. The molecule has 1 atom stereocenters. The number of carbonyl (C=O) groups excluding carboxylic acids is 1. The highest BCUT2D eigenvalue weighted by Gasteiger charge is 2.20. The lowest BCUT2D eigenvalue weighted by Crippen LogP contribution is -2.09. The van der Waals surface area contributed by atoms with E-state index in [0.29, 0.717) is 27.8 Å². The van der Waals surface area contributed by atoms with E-state index in [2.05, 4.69) is 15.0 Å². The van der Waals surface area contributed by atoms with Gasteiger partial charge in [-0.2, -0.15) is 4.98 Å². The smallest absolute Gasteiger partial charge is 0.221 e. The van der Waals surface area contributed by atoms with Crippen molar-refractivity contribution >= 4 is 28.5 Å². The molecule has 3 heterocycles. The summed E-state index contributed by atoms with van der Waals surface area (Å²) in [5.74, 6) is -0.140. The highest BCUT2D eigenvalue weighted by molar-refractivity contribution is 6.16. The van der Waals surface area contributed by atoms with Gasteiger partial charge in [-0.25, -0.2) is 4.98 Å². The number of pyridine rings is 1. The first-order valence-corrected chi connectivity index (χ1v) is 7.00. The van der Waals surface area contributed by atoms with Crippen molar-refractivity contribution in [2.24, 2.45) is 0 Å². The number of ketones is 1. The van der Waals surface area contributed by atoms with Crippen molar-refractivity contribution in [2.75, 3.05) is 18.1 Å². The van der Waals surface area contributed by atoms with Crippen molar-refractivity contribution in [3.63, 3.8) is 0 Å². The van der Waals surface area contributed by atoms with E-state index in [1.807, 2.05) is 6.92 Å². The fraction of sp³-hybridized carbons (Fsp3) is 0.200. The van der Waals surface area contributed by atoms with Gasteiger partial charge in [-0.15, -0.1) is 0 Å². The molecule has 5 N–H and O–H groups in total. The van der Waals surface area contributed by atoms with Crippen LogP contribution >= 0.6 is 0 Å². The fourth-order valence-corrected chi connectivity index (χ4v) is 2.38. The monoisotopic (exact) mass is 312 g/mol. The average Bonchev–Trinajstić information content (AvgIpc) is 2.92. The quantitative estimate of drug-likeness (QED) is 0.606. The van der Waals surface area contributed by atoms with Crippen LogP contribution in [0.2, 0.25) is 0 Å². The molecule has 0 aromatic carbocycles. The van der Waals surface area contributed by atoms with Crippen LogP contribution in [0.5, 0.6) is 0 Å². The molecule has 0 radical (unpaired) electrons. The highest BCUT2D eigenvalue weighted by atomic mass is 16.3. The Kier molecular flexibility index (Phi) is 3.67. The molecule has 0 fully saturated rings. The minimum absolute atomic E-state index is 0.0961. The van der Waals surface area contributed by atoms with Crippen LogP contribution in [0, 0.1) is 0 Å². The van der Waals surface area contributed by atoms with Gasteiger partial charge in [-0.3, -0.25) is 9.78 Å². The third-order valence-corrected chi connectivity index (χ3v) is 3.60. The molecule has 23 heavy (non-hydrogen) atoms. The van der Waals surface area contributed by atoms with Crippen molar-refractivity contribution in [3.05, 3.63) is 42.0 Å². The summed E-state index contributed by atoms with van der Waals surface area (Å²) in [6, 6.07) is 1.30. The van der Waals surface area contributed by atoms with Gasteiger partial charge in [0.1, 0.15) is 5.65 Å². The Morgan fingerprint density at radius 3 is 2.83 bits per heavy atom. The Morgan fingerprint density at radius 2 is 2.13 bits per heavy atom. The van der Waals surface area contributed by atoms with Crippen LogP contribution in [-0.4, -0.2) is 37.0 Å². The van der Waals surface area contributed by atoms with Crippen LogP contribution in [0.3, 0.4) is 0 Å². The number of fused-ring (bicyclic) bond motifs is 1. The van der Waals surface area contributed by atoms with E-state index in [1.54, 1.807) is 16.8 Å². The Bertz CT molecular complexity index is 889. The van der Waals surface area contributed by atoms with E-state index in [9.17, 15) is 9.90 Å². The maximum atomic E-state index is 12.8. The number of aliphatic hydroxyl groups is 1. The van der Waals surface area contributed by atoms with E-state index in [4.69, 9.17) is 11.5 Å². The lowest BCUT2D eigenvalue weighted by Gasteiger charge is -2.10. The van der Waals surface area contributed by atoms with E-state index < -0.39 is 0 Å². The van der Waals surface area contributed by atoms with Gasteiger partial charge in [0.15, 0.2) is 5.78 Å². The zero-order valence-corrected chi connectivity index (χ0v) is 12.5. The summed E-state index contributed by atoms with van der Waals surface area (Å²) in [5.41, 5.74) is 13.0. The number of carbonyl (C=O) groups is 1. The molecule has 8 nitrogen and oxygen atoms in total. The summed E-state index contributed by atoms with van der Waals surface area (Å²) in [5, 5.41) is 9.97. The van der Waals surface area contributed by atoms with Crippen LogP contribution in [0.25, 0.3) is 11.0 Å². The van der Waals surface area contributed by atoms with Gasteiger partial charge in [0.25, 0.3) is 0 Å². The number of nitrogen functional groups attached to an aromatic ring is 2. The maximum absolute atomic E-state index is 12.8. The van der Waals surface area contributed by atoms with Gasteiger partial charge in [0.05, 0.1) is 23.9 Å². The molecule has 3 rings (SSSR count). The predicted molar refractivity (Wildman–Crippen MR) is 85.8 cm³/mol. The molecular weight excluding hydrogens is 296 g/mol. The molecule has 8 heteroatoms. The lowest BCUT2D eigenvalue weighted by molar-refractivity contribution is 0.103. The van der Waals surface area contributed by atoms with E-state index >= 15 is 0 Å². The molecule has 0 amide bonds. The van der Waals surface area contributed by atoms with Gasteiger partial charge in [-0.1, -0.05) is 0 Å². The second-order valence-electron chi connectivity index (χ2n) is 5.28. The molecule has 118 valence electrons. The van der Waals surface area contributed by atoms with Crippen molar-refractivity contribution in [3.8, 4) is 0 Å². The topological polar surface area (TPSA) is 133 Å². The molecule has 1 unspecified atom stereocenters. The van der Waals surface area contributed by atoms with E-state index in [-0.39, 0.29) is 24.4 Å². The summed E-state index contributed by atoms with van der Waals surface area (Å²) in [6.45, 7) is 1.72. The third-order valence-electron chi connectivity index (χ3n) is 3.60. The summed E-state index contributed by atoms with van der Waals surface area (Å²) >= 11 is 0. The normalized spacial score (nSPS) is 12.4. The summed E-state index contributed by atoms with van der Waals surface area (Å²) < 4.78 is 1.71. The molecule has 3 aromatic rings. The van der Waals surface area contributed by atoms with Crippen molar-refractivity contribution < 1.29 is 9.90 Å². The van der Waals surface area contributed by atoms with Crippen molar-refractivity contribution in [1.82, 2.24) is 19.5 Å². The lowest BCUT2D eigenvalue weighted by atomic mass is 10.1. The zero-order chi connectivity index (χ0) is 16.6. The average molecular weight is 312 g/mol. The van der Waals surface area contributed by atoms with Gasteiger partial charge in [0, 0.05) is 35.7 Å². The van der Waals surface area contributed by atoms with Crippen LogP contribution in [0.4, 0.5) is 11.6 Å². The molecule has 0 aliphatic rings. The van der Waals surface area contributed by atoms with Gasteiger partial charge >= 0.3 is 0 Å². The number of aliphatic hydroxyl groups excluding tert-OH is 1. The SMILES string of the molecule is CC(CO)n1cc(C(=O)c2cncc(N)c2)c2cnc(N)nc21. The first kappa shape index (κ1) is 14.9. The predicted octanol–water partition coefficient (Wildman–Crippen LogP) is 0.775. The number of nitrogens with zero attached hydrogens (tertiary/aromatic N) is 4. The zero-order valence-electron chi connectivity index (χ0n) is 12.5. The van der Waals surface area contributed by atoms with E-state index in [1.165, 1.54) is 18.6 Å². The summed E-state index contributed by atoms with van der Waals surface area (Å²) in [6.07, 6.45) is 6.07. The molecule has 0 aliphatic carbocycles. The first-order chi connectivity index (χ1) is 11.0. The molecule has 0 saturated heterocycles. The van der Waals surface area contributed by atoms with Crippen molar-refractivity contribution in [1.29, 1.82) is 0 Å². The van der Waals surface area contributed by atoms with Gasteiger partial charge in [-0.05, 0) is 13.0 Å². The molecule has 0 saturated carbocycles. The number of anilines is 2. The highest BCUT2D eigenvalue weighted by Crippen LogP contribution is 2.25. The van der Waals surface area contributed by atoms with Crippen LogP contribution in [0.15, 0.2) is 30.9 Å². The van der Waals surface area contributed by atoms with Gasteiger partial charge < -0.3 is 21.1 Å². The molecule has 3 aromatic heterocycles. The number of rotatable bonds is 4. The van der Waals surface area contributed by atoms with Crippen LogP contribution in [-0.2, 0) is 0 Å². The third kappa shape index (κ3) is 2.59. The largest absolute Gasteiger partial charge is 0.397 e. The maximum Gasteiger partial charge on any atom is 0.221 e. The van der Waals surface area contributed by atoms with Crippen LogP contribution in [0.1, 0.15) is 28.9 Å². The number of hydrogen-bond acceptors (Lipinski definition) is 7. The molecule has 0 aliphatic heterocycles. The van der Waals surface area contributed by atoms with E-state index in [0.717, 1.165) is 0 Å². The van der Waals surface area contributed by atoms with Crippen LogP contribution < -0.4 is 11.5 Å². The number of nitrogens with two attached hydrogens (primary N) is 2. The van der Waals surface area contributed by atoms with Crippen molar-refractivity contribution in [2.45, 2.75) is 13.0 Å². The Hall–Kier alpha value is -3.00. The fourth-order valence-electron chi connectivity index (χ4n) is 2.38. The summed E-state index contributed by atoms with van der Waals surface area (Å²) in [7, 11) is 0. The Labute approximate surface area is 131 Å². The molecular formula is C15H16N6O2.